The highest BCUT2D eigenvalue weighted by molar-refractivity contribution is 14.1. The van der Waals surface area contributed by atoms with Gasteiger partial charge in [-0.15, -0.1) is 11.3 Å². The highest BCUT2D eigenvalue weighted by atomic mass is 127. The second-order valence-electron chi connectivity index (χ2n) is 3.52. The lowest BCUT2D eigenvalue weighted by molar-refractivity contribution is -0.122. The summed E-state index contributed by atoms with van der Waals surface area (Å²) in [4.78, 5) is 23.2. The van der Waals surface area contributed by atoms with Crippen LogP contribution in [0.3, 0.4) is 0 Å². The maximum Gasteiger partial charge on any atom is 0.258 e. The monoisotopic (exact) mass is 351 g/mol. The molecule has 5 nitrogen and oxygen atoms in total. The first-order valence-corrected chi connectivity index (χ1v) is 6.58. The van der Waals surface area contributed by atoms with E-state index in [1.807, 2.05) is 0 Å². The zero-order valence-corrected chi connectivity index (χ0v) is 11.5. The largest absolute Gasteiger partial charge is 0.339 e. The molecule has 0 radical (unpaired) electrons. The molecule has 0 aliphatic carbocycles. The lowest BCUT2D eigenvalue weighted by Gasteiger charge is -2.08. The van der Waals surface area contributed by atoms with Crippen LogP contribution < -0.4 is 10.7 Å². The Balaban J connectivity index is 2.00. The number of hydrogen-bond acceptors (Lipinski definition) is 4. The topological polar surface area (TPSA) is 61.4 Å². The summed E-state index contributed by atoms with van der Waals surface area (Å²) in [5.74, 6) is -0.365. The van der Waals surface area contributed by atoms with Gasteiger partial charge in [-0.2, -0.15) is 0 Å². The van der Waals surface area contributed by atoms with E-state index >= 15 is 0 Å². The molecular formula is C9H10IN3O2S. The number of nitrogens with zero attached hydrogens (tertiary/aromatic N) is 1. The number of amides is 2. The first-order valence-electron chi connectivity index (χ1n) is 4.63. The Bertz CT molecular complexity index is 434. The van der Waals surface area contributed by atoms with Gasteiger partial charge in [0.15, 0.2) is 0 Å². The predicted octanol–water partition coefficient (Wildman–Crippen LogP) is 0.428. The molecule has 2 heterocycles. The molecule has 2 rings (SSSR count). The molecule has 0 bridgehead atoms. The van der Waals surface area contributed by atoms with Crippen molar-refractivity contribution in [1.82, 2.24) is 15.8 Å². The third-order valence-corrected chi connectivity index (χ3v) is 4.00. The highest BCUT2D eigenvalue weighted by Crippen LogP contribution is 2.16. The van der Waals surface area contributed by atoms with Gasteiger partial charge in [-0.25, -0.2) is 5.01 Å². The minimum Gasteiger partial charge on any atom is -0.339 e. The Morgan fingerprint density at radius 2 is 2.50 bits per heavy atom. The summed E-state index contributed by atoms with van der Waals surface area (Å²) >= 11 is 3.66. The molecule has 1 unspecified atom stereocenters. The molecule has 1 aliphatic rings. The minimum absolute atomic E-state index is 0.166. The number of carbonyl (C=O) groups excluding carboxylic acids is 2. The van der Waals surface area contributed by atoms with Gasteiger partial charge in [-0.1, -0.05) is 0 Å². The van der Waals surface area contributed by atoms with Gasteiger partial charge >= 0.3 is 0 Å². The molecular weight excluding hydrogens is 341 g/mol. The molecule has 2 amide bonds. The molecule has 1 aliphatic heterocycles. The quantitative estimate of drug-likeness (QED) is 0.760. The molecule has 0 aromatic carbocycles. The molecule has 2 N–H and O–H groups in total. The van der Waals surface area contributed by atoms with Crippen LogP contribution in [0.1, 0.15) is 10.4 Å². The number of thiophene rings is 1. The third-order valence-electron chi connectivity index (χ3n) is 2.21. The zero-order valence-electron chi connectivity index (χ0n) is 8.49. The van der Waals surface area contributed by atoms with Crippen LogP contribution in [0, 0.1) is 2.88 Å². The summed E-state index contributed by atoms with van der Waals surface area (Å²) in [6.07, 6.45) is 0. The molecule has 7 heteroatoms. The summed E-state index contributed by atoms with van der Waals surface area (Å²) < 4.78 is 1.05. The lowest BCUT2D eigenvalue weighted by atomic mass is 10.2. The summed E-state index contributed by atoms with van der Waals surface area (Å²) in [6.45, 7) is 0.492. The lowest BCUT2D eigenvalue weighted by Crippen LogP contribution is -2.41. The van der Waals surface area contributed by atoms with Crippen molar-refractivity contribution in [2.75, 3.05) is 13.6 Å². The summed E-state index contributed by atoms with van der Waals surface area (Å²) in [7, 11) is 1.76. The number of rotatable bonds is 2. The first kappa shape index (κ1) is 11.8. The Morgan fingerprint density at radius 1 is 1.75 bits per heavy atom. The van der Waals surface area contributed by atoms with Crippen molar-refractivity contribution in [3.05, 3.63) is 19.9 Å². The van der Waals surface area contributed by atoms with Crippen LogP contribution in [0.15, 0.2) is 11.4 Å². The predicted molar refractivity (Wildman–Crippen MR) is 69.1 cm³/mol. The average Bonchev–Trinajstić information content (AvgIpc) is 2.74. The molecule has 86 valence electrons. The molecule has 1 aromatic heterocycles. The maximum atomic E-state index is 11.8. The maximum absolute atomic E-state index is 11.8. The molecule has 0 saturated carbocycles. The molecule has 0 spiro atoms. The van der Waals surface area contributed by atoms with E-state index in [4.69, 9.17) is 0 Å². The van der Waals surface area contributed by atoms with Crippen LogP contribution in [-0.4, -0.2) is 36.5 Å². The van der Waals surface area contributed by atoms with Crippen LogP contribution in [0.4, 0.5) is 0 Å². The summed E-state index contributed by atoms with van der Waals surface area (Å²) in [5, 5.41) is 6.14. The normalized spacial score (nSPS) is 20.9. The van der Waals surface area contributed by atoms with Gasteiger partial charge in [0.1, 0.15) is 6.04 Å². The van der Waals surface area contributed by atoms with E-state index < -0.39 is 6.04 Å². The van der Waals surface area contributed by atoms with Crippen molar-refractivity contribution in [3.8, 4) is 0 Å². The average molecular weight is 351 g/mol. The molecule has 16 heavy (non-hydrogen) atoms. The van der Waals surface area contributed by atoms with Gasteiger partial charge in [0.05, 0.1) is 8.45 Å². The fourth-order valence-electron chi connectivity index (χ4n) is 1.45. The second-order valence-corrected chi connectivity index (χ2v) is 6.33. The fraction of sp³-hybridized carbons (Fsp3) is 0.333. The van der Waals surface area contributed by atoms with Crippen molar-refractivity contribution in [3.63, 3.8) is 0 Å². The standard InChI is InChI=1S/C9H10IN3O2S/c1-13-3-6(9(15)12-13)11-8(14)5-2-7(10)16-4-5/h2,4,6H,3H2,1H3,(H,11,14)(H,12,15). The van der Waals surface area contributed by atoms with Gasteiger partial charge in [-0.05, 0) is 28.7 Å². The van der Waals surface area contributed by atoms with E-state index in [2.05, 4.69) is 33.3 Å². The highest BCUT2D eigenvalue weighted by Gasteiger charge is 2.29. The fourth-order valence-corrected chi connectivity index (χ4v) is 2.78. The van der Waals surface area contributed by atoms with Crippen LogP contribution in [-0.2, 0) is 4.79 Å². The van der Waals surface area contributed by atoms with Gasteiger partial charge in [0.2, 0.25) is 0 Å². The van der Waals surface area contributed by atoms with Crippen LogP contribution in [0.2, 0.25) is 0 Å². The van der Waals surface area contributed by atoms with E-state index in [1.165, 1.54) is 11.3 Å². The molecule has 1 saturated heterocycles. The van der Waals surface area contributed by atoms with Crippen molar-refractivity contribution in [2.24, 2.45) is 0 Å². The van der Waals surface area contributed by atoms with E-state index in [0.29, 0.717) is 12.1 Å². The Labute approximate surface area is 110 Å². The summed E-state index contributed by atoms with van der Waals surface area (Å²) in [5.41, 5.74) is 3.22. The Kier molecular flexibility index (Phi) is 3.45. The smallest absolute Gasteiger partial charge is 0.258 e. The third kappa shape index (κ3) is 2.53. The SMILES string of the molecule is CN1CC(NC(=O)c2csc(I)c2)C(=O)N1. The van der Waals surface area contributed by atoms with E-state index in [1.54, 1.807) is 23.5 Å². The number of nitrogens with one attached hydrogen (secondary N) is 2. The molecule has 1 fully saturated rings. The van der Waals surface area contributed by atoms with Crippen molar-refractivity contribution >= 4 is 45.7 Å². The Morgan fingerprint density at radius 3 is 3.00 bits per heavy atom. The number of hydrazine groups is 1. The van der Waals surface area contributed by atoms with Gasteiger partial charge < -0.3 is 5.32 Å². The number of hydrogen-bond donors (Lipinski definition) is 2. The zero-order chi connectivity index (χ0) is 11.7. The van der Waals surface area contributed by atoms with Crippen LogP contribution in [0.5, 0.6) is 0 Å². The van der Waals surface area contributed by atoms with E-state index in [9.17, 15) is 9.59 Å². The van der Waals surface area contributed by atoms with E-state index in [0.717, 1.165) is 2.88 Å². The number of carbonyl (C=O) groups is 2. The van der Waals surface area contributed by atoms with Crippen molar-refractivity contribution < 1.29 is 9.59 Å². The van der Waals surface area contributed by atoms with Crippen molar-refractivity contribution in [1.29, 1.82) is 0 Å². The van der Waals surface area contributed by atoms with Crippen molar-refractivity contribution in [2.45, 2.75) is 6.04 Å². The summed E-state index contributed by atoms with van der Waals surface area (Å²) in [6, 6.07) is 1.34. The number of likely N-dealkylation sites (N-methyl/N-ethyl adjacent to an activating group) is 1. The van der Waals surface area contributed by atoms with Gasteiger partial charge in [0, 0.05) is 19.0 Å². The Hall–Kier alpha value is -0.670. The second kappa shape index (κ2) is 4.68. The first-order chi connectivity index (χ1) is 7.56. The van der Waals surface area contributed by atoms with Gasteiger partial charge in [-0.3, -0.25) is 15.0 Å². The van der Waals surface area contributed by atoms with Crippen LogP contribution >= 0.6 is 33.9 Å². The molecule has 1 atom stereocenters. The van der Waals surface area contributed by atoms with E-state index in [-0.39, 0.29) is 11.8 Å². The van der Waals surface area contributed by atoms with Crippen LogP contribution in [0.25, 0.3) is 0 Å². The number of halogens is 1. The minimum atomic E-state index is -0.463. The van der Waals surface area contributed by atoms with Gasteiger partial charge in [0.25, 0.3) is 11.8 Å². The molecule has 1 aromatic rings.